The lowest BCUT2D eigenvalue weighted by Gasteiger charge is -2.31. The molecule has 2 aromatic carbocycles. The molecular formula is C22H29ClN4O4S. The number of amides is 1. The van der Waals surface area contributed by atoms with Crippen LogP contribution < -0.4 is 19.7 Å². The number of nitrogens with one attached hydrogen (secondary N) is 2. The van der Waals surface area contributed by atoms with Gasteiger partial charge in [0, 0.05) is 49.9 Å². The van der Waals surface area contributed by atoms with E-state index >= 15 is 0 Å². The van der Waals surface area contributed by atoms with Crippen molar-refractivity contribution < 1.29 is 17.9 Å². The summed E-state index contributed by atoms with van der Waals surface area (Å²) in [4.78, 5) is 16.6. The van der Waals surface area contributed by atoms with Gasteiger partial charge in [-0.15, -0.1) is 0 Å². The summed E-state index contributed by atoms with van der Waals surface area (Å²) in [6.45, 7) is 7.96. The average Bonchev–Trinajstić information content (AvgIpc) is 2.80. The molecule has 1 amide bonds. The summed E-state index contributed by atoms with van der Waals surface area (Å²) in [5, 5.41) is 3.56. The molecule has 2 N–H and O–H groups in total. The van der Waals surface area contributed by atoms with Gasteiger partial charge in [-0.1, -0.05) is 11.6 Å². The lowest BCUT2D eigenvalue weighted by molar-refractivity contribution is 0.0773. The third kappa shape index (κ3) is 5.28. The van der Waals surface area contributed by atoms with Crippen LogP contribution >= 0.6 is 11.6 Å². The predicted molar refractivity (Wildman–Crippen MR) is 128 cm³/mol. The molecule has 1 heterocycles. The molecule has 0 saturated carbocycles. The van der Waals surface area contributed by atoms with E-state index in [1.54, 1.807) is 29.2 Å². The number of nitrogens with zero attached hydrogens (tertiary/aromatic N) is 2. The lowest BCUT2D eigenvalue weighted by atomic mass is 10.1. The van der Waals surface area contributed by atoms with Crippen molar-refractivity contribution in [3.8, 4) is 5.75 Å². The smallest absolute Gasteiger partial charge is 0.265 e. The van der Waals surface area contributed by atoms with Crippen LogP contribution in [-0.2, 0) is 10.0 Å². The molecule has 1 fully saturated rings. The summed E-state index contributed by atoms with van der Waals surface area (Å²) in [6, 6.07) is 9.57. The number of carbonyl (C=O) groups is 1. The number of carbonyl (C=O) groups excluding carboxylic acids is 1. The number of sulfonamides is 1. The number of piperazine rings is 1. The molecule has 1 aliphatic heterocycles. The molecule has 10 heteroatoms. The number of halogens is 1. The number of ether oxygens (including phenoxy) is 1. The molecule has 0 radical (unpaired) electrons. The van der Waals surface area contributed by atoms with Crippen molar-refractivity contribution in [2.45, 2.75) is 18.7 Å². The van der Waals surface area contributed by atoms with Gasteiger partial charge >= 0.3 is 0 Å². The Kier molecular flexibility index (Phi) is 7.86. The molecular weight excluding hydrogens is 452 g/mol. The highest BCUT2D eigenvalue weighted by atomic mass is 35.5. The zero-order valence-corrected chi connectivity index (χ0v) is 20.1. The third-order valence-electron chi connectivity index (χ3n) is 5.41. The van der Waals surface area contributed by atoms with Crippen LogP contribution in [0.3, 0.4) is 0 Å². The molecule has 0 aliphatic carbocycles. The second-order valence-electron chi connectivity index (χ2n) is 7.35. The van der Waals surface area contributed by atoms with Gasteiger partial charge in [-0.25, -0.2) is 8.42 Å². The molecule has 0 atom stereocenters. The summed E-state index contributed by atoms with van der Waals surface area (Å²) >= 11 is 6.06. The third-order valence-corrected chi connectivity index (χ3v) is 7.03. The van der Waals surface area contributed by atoms with Crippen LogP contribution in [0, 0.1) is 0 Å². The van der Waals surface area contributed by atoms with E-state index in [1.165, 1.54) is 19.2 Å². The first-order valence-corrected chi connectivity index (χ1v) is 12.4. The molecule has 2 aromatic rings. The van der Waals surface area contributed by atoms with E-state index in [0.717, 1.165) is 26.2 Å². The van der Waals surface area contributed by atoms with Gasteiger partial charge in [0.25, 0.3) is 15.9 Å². The maximum atomic E-state index is 13.3. The van der Waals surface area contributed by atoms with Crippen LogP contribution in [0.25, 0.3) is 0 Å². The van der Waals surface area contributed by atoms with E-state index in [-0.39, 0.29) is 21.6 Å². The maximum absolute atomic E-state index is 13.3. The Hall–Kier alpha value is -2.49. The molecule has 1 saturated heterocycles. The van der Waals surface area contributed by atoms with Crippen LogP contribution in [0.5, 0.6) is 5.75 Å². The fourth-order valence-corrected chi connectivity index (χ4v) is 5.18. The summed E-state index contributed by atoms with van der Waals surface area (Å²) in [7, 11) is -2.64. The van der Waals surface area contributed by atoms with Crippen molar-refractivity contribution in [1.29, 1.82) is 0 Å². The van der Waals surface area contributed by atoms with E-state index in [1.807, 2.05) is 13.8 Å². The summed E-state index contributed by atoms with van der Waals surface area (Å²) < 4.78 is 34.5. The first kappa shape index (κ1) is 24.2. The Balaban J connectivity index is 2.06. The maximum Gasteiger partial charge on any atom is 0.265 e. The number of anilines is 2. The summed E-state index contributed by atoms with van der Waals surface area (Å²) in [5.41, 5.74) is 1.47. The number of rotatable bonds is 8. The first-order valence-electron chi connectivity index (χ1n) is 10.6. The van der Waals surface area contributed by atoms with Gasteiger partial charge in [-0.3, -0.25) is 9.52 Å². The van der Waals surface area contributed by atoms with Crippen molar-refractivity contribution in [2.24, 2.45) is 0 Å². The number of methoxy groups -OCH3 is 1. The first-order chi connectivity index (χ1) is 15.3. The quantitative estimate of drug-likeness (QED) is 0.603. The van der Waals surface area contributed by atoms with Crippen LogP contribution in [0.2, 0.25) is 5.02 Å². The lowest BCUT2D eigenvalue weighted by Crippen LogP contribution is -2.43. The molecule has 32 heavy (non-hydrogen) atoms. The van der Waals surface area contributed by atoms with Crippen LogP contribution in [0.4, 0.5) is 11.4 Å². The van der Waals surface area contributed by atoms with Gasteiger partial charge in [0.2, 0.25) is 0 Å². The van der Waals surface area contributed by atoms with E-state index < -0.39 is 10.0 Å². The minimum absolute atomic E-state index is 0.0702. The van der Waals surface area contributed by atoms with Crippen LogP contribution in [-0.4, -0.2) is 65.6 Å². The topological polar surface area (TPSA) is 91.0 Å². The van der Waals surface area contributed by atoms with Gasteiger partial charge in [0.05, 0.1) is 18.5 Å². The zero-order valence-electron chi connectivity index (χ0n) is 18.5. The summed E-state index contributed by atoms with van der Waals surface area (Å²) in [5.74, 6) is 0.0311. The SMILES string of the molecule is CCN(CC)C(=O)c1ccc(N2CCNCC2)c(NS(=O)(=O)c2cc(Cl)ccc2OC)c1. The number of hydrogen-bond donors (Lipinski definition) is 2. The molecule has 8 nitrogen and oxygen atoms in total. The Morgan fingerprint density at radius 3 is 2.47 bits per heavy atom. The Bertz CT molecular complexity index is 1070. The number of hydrogen-bond acceptors (Lipinski definition) is 6. The molecule has 1 aliphatic rings. The molecule has 0 bridgehead atoms. The van der Waals surface area contributed by atoms with Crippen molar-refractivity contribution in [1.82, 2.24) is 10.2 Å². The second kappa shape index (κ2) is 10.4. The highest BCUT2D eigenvalue weighted by Crippen LogP contribution is 2.33. The van der Waals surface area contributed by atoms with Crippen LogP contribution in [0.15, 0.2) is 41.3 Å². The van der Waals surface area contributed by atoms with Gasteiger partial charge in [0.1, 0.15) is 10.6 Å². The fraction of sp³-hybridized carbons (Fsp3) is 0.409. The standard InChI is InChI=1S/C22H29ClN4O4S/c1-4-26(5-2)22(28)16-6-8-19(27-12-10-24-11-13-27)18(14-16)25-32(29,30)21-15-17(23)7-9-20(21)31-3/h6-9,14-15,24-25H,4-5,10-13H2,1-3H3. The van der Waals surface area contributed by atoms with Crippen molar-refractivity contribution >= 4 is 38.9 Å². The van der Waals surface area contributed by atoms with E-state index in [4.69, 9.17) is 16.3 Å². The Morgan fingerprint density at radius 2 is 1.84 bits per heavy atom. The minimum Gasteiger partial charge on any atom is -0.495 e. The highest BCUT2D eigenvalue weighted by molar-refractivity contribution is 7.92. The van der Waals surface area contributed by atoms with Crippen molar-refractivity contribution in [3.05, 3.63) is 47.0 Å². The van der Waals surface area contributed by atoms with E-state index in [9.17, 15) is 13.2 Å². The number of benzene rings is 2. The van der Waals surface area contributed by atoms with Crippen molar-refractivity contribution in [3.63, 3.8) is 0 Å². The van der Waals surface area contributed by atoms with E-state index in [0.29, 0.717) is 30.0 Å². The molecule has 0 aromatic heterocycles. The zero-order chi connectivity index (χ0) is 23.3. The van der Waals surface area contributed by atoms with Gasteiger partial charge in [-0.2, -0.15) is 0 Å². The molecule has 0 spiro atoms. The van der Waals surface area contributed by atoms with Crippen molar-refractivity contribution in [2.75, 3.05) is 56.0 Å². The summed E-state index contributed by atoms with van der Waals surface area (Å²) in [6.07, 6.45) is 0. The van der Waals surface area contributed by atoms with E-state index in [2.05, 4.69) is 14.9 Å². The fourth-order valence-electron chi connectivity index (χ4n) is 3.69. The molecule has 0 unspecified atom stereocenters. The van der Waals surface area contributed by atoms with Gasteiger partial charge < -0.3 is 19.9 Å². The highest BCUT2D eigenvalue weighted by Gasteiger charge is 2.25. The average molecular weight is 481 g/mol. The largest absolute Gasteiger partial charge is 0.495 e. The molecule has 3 rings (SSSR count). The predicted octanol–water partition coefficient (Wildman–Crippen LogP) is 3.04. The second-order valence-corrected chi connectivity index (χ2v) is 9.43. The minimum atomic E-state index is -4.04. The normalized spacial score (nSPS) is 14.2. The van der Waals surface area contributed by atoms with Gasteiger partial charge in [-0.05, 0) is 50.2 Å². The Morgan fingerprint density at radius 1 is 1.16 bits per heavy atom. The van der Waals surface area contributed by atoms with Gasteiger partial charge in [0.15, 0.2) is 0 Å². The van der Waals surface area contributed by atoms with Crippen LogP contribution in [0.1, 0.15) is 24.2 Å². The molecule has 174 valence electrons. The monoisotopic (exact) mass is 480 g/mol. The Labute approximate surface area is 194 Å².